The molecule has 0 saturated carbocycles. The van der Waals surface area contributed by atoms with Gasteiger partial charge >= 0.3 is 0 Å². The molecule has 0 unspecified atom stereocenters. The maximum absolute atomic E-state index is 12.4. The molecule has 0 aliphatic heterocycles. The van der Waals surface area contributed by atoms with Crippen LogP contribution in [0.15, 0.2) is 72.8 Å². The molecule has 0 bridgehead atoms. The average Bonchev–Trinajstić information content (AvgIpc) is 2.83. The SMILES string of the molecule is CC(C)Oc1cc(-c2ccc(CCCNC[C@@H](O)c3ccccc3)cc2)ccc1C(=O)NS(C)(=O)=O. The van der Waals surface area contributed by atoms with Crippen LogP contribution < -0.4 is 14.8 Å². The van der Waals surface area contributed by atoms with E-state index in [2.05, 4.69) is 17.4 Å². The molecule has 0 radical (unpaired) electrons. The van der Waals surface area contributed by atoms with E-state index in [9.17, 15) is 18.3 Å². The Kier molecular flexibility index (Phi) is 9.64. The Balaban J connectivity index is 1.58. The number of amides is 1. The van der Waals surface area contributed by atoms with Gasteiger partial charge in [0.1, 0.15) is 5.75 Å². The van der Waals surface area contributed by atoms with Crippen LogP contribution in [-0.2, 0) is 16.4 Å². The highest BCUT2D eigenvalue weighted by Crippen LogP contribution is 2.29. The Morgan fingerprint density at radius 2 is 1.64 bits per heavy atom. The van der Waals surface area contributed by atoms with Crippen molar-refractivity contribution in [2.24, 2.45) is 0 Å². The van der Waals surface area contributed by atoms with Crippen molar-refractivity contribution in [3.63, 3.8) is 0 Å². The summed E-state index contributed by atoms with van der Waals surface area (Å²) in [5, 5.41) is 13.5. The van der Waals surface area contributed by atoms with Crippen LogP contribution >= 0.6 is 0 Å². The van der Waals surface area contributed by atoms with Gasteiger partial charge in [0, 0.05) is 6.54 Å². The normalized spacial score (nSPS) is 12.4. The summed E-state index contributed by atoms with van der Waals surface area (Å²) in [4.78, 5) is 12.4. The van der Waals surface area contributed by atoms with Gasteiger partial charge in [0.25, 0.3) is 5.91 Å². The Hall–Kier alpha value is -3.20. The van der Waals surface area contributed by atoms with Crippen molar-refractivity contribution < 1.29 is 23.1 Å². The summed E-state index contributed by atoms with van der Waals surface area (Å²) >= 11 is 0. The minimum Gasteiger partial charge on any atom is -0.490 e. The molecule has 0 spiro atoms. The number of aliphatic hydroxyl groups excluding tert-OH is 1. The summed E-state index contributed by atoms with van der Waals surface area (Å²) in [6.45, 7) is 5.01. The van der Waals surface area contributed by atoms with Crippen LogP contribution in [0.1, 0.15) is 47.9 Å². The molecule has 0 aromatic heterocycles. The first-order valence-electron chi connectivity index (χ1n) is 12.0. The number of hydrogen-bond donors (Lipinski definition) is 3. The van der Waals surface area contributed by atoms with E-state index in [1.54, 1.807) is 18.2 Å². The monoisotopic (exact) mass is 510 g/mol. The number of carbonyl (C=O) groups excluding carboxylic acids is 1. The van der Waals surface area contributed by atoms with E-state index in [0.29, 0.717) is 12.3 Å². The lowest BCUT2D eigenvalue weighted by molar-refractivity contribution is 0.0976. The lowest BCUT2D eigenvalue weighted by Gasteiger charge is -2.15. The minimum atomic E-state index is -3.68. The molecule has 0 heterocycles. The summed E-state index contributed by atoms with van der Waals surface area (Å²) < 4.78 is 30.8. The smallest absolute Gasteiger partial charge is 0.268 e. The highest BCUT2D eigenvalue weighted by molar-refractivity contribution is 7.89. The number of hydrogen-bond acceptors (Lipinski definition) is 6. The highest BCUT2D eigenvalue weighted by Gasteiger charge is 2.18. The second-order valence-corrected chi connectivity index (χ2v) is 10.8. The molecule has 0 fully saturated rings. The van der Waals surface area contributed by atoms with Gasteiger partial charge in [0.05, 0.1) is 24.0 Å². The number of ether oxygens (including phenoxy) is 1. The second-order valence-electron chi connectivity index (χ2n) is 9.01. The van der Waals surface area contributed by atoms with Crippen molar-refractivity contribution in [2.45, 2.75) is 38.9 Å². The van der Waals surface area contributed by atoms with E-state index < -0.39 is 22.0 Å². The maximum atomic E-state index is 12.4. The summed E-state index contributed by atoms with van der Waals surface area (Å²) in [6.07, 6.45) is 2.08. The molecule has 192 valence electrons. The first-order chi connectivity index (χ1) is 17.1. The van der Waals surface area contributed by atoms with Gasteiger partial charge in [0.2, 0.25) is 10.0 Å². The number of benzene rings is 3. The molecular weight excluding hydrogens is 476 g/mol. The average molecular weight is 511 g/mol. The molecule has 0 aliphatic carbocycles. The van der Waals surface area contributed by atoms with Crippen LogP contribution in [0.5, 0.6) is 5.75 Å². The summed E-state index contributed by atoms with van der Waals surface area (Å²) in [5.41, 5.74) is 4.11. The zero-order chi connectivity index (χ0) is 26.1. The lowest BCUT2D eigenvalue weighted by atomic mass is 10.00. The molecule has 3 N–H and O–H groups in total. The third-order valence-corrected chi connectivity index (χ3v) is 6.05. The largest absolute Gasteiger partial charge is 0.490 e. The van der Waals surface area contributed by atoms with Gasteiger partial charge in [-0.05, 0) is 67.6 Å². The van der Waals surface area contributed by atoms with Gasteiger partial charge in [-0.1, -0.05) is 60.7 Å². The van der Waals surface area contributed by atoms with E-state index >= 15 is 0 Å². The van der Waals surface area contributed by atoms with Crippen molar-refractivity contribution in [1.29, 1.82) is 0 Å². The van der Waals surface area contributed by atoms with Crippen molar-refractivity contribution in [2.75, 3.05) is 19.3 Å². The first kappa shape index (κ1) is 27.4. The van der Waals surface area contributed by atoms with Crippen LogP contribution in [0.3, 0.4) is 0 Å². The molecule has 0 aliphatic rings. The number of nitrogens with one attached hydrogen (secondary N) is 2. The fraction of sp³-hybridized carbons (Fsp3) is 0.321. The second kappa shape index (κ2) is 12.7. The van der Waals surface area contributed by atoms with Crippen LogP contribution in [0.2, 0.25) is 0 Å². The van der Waals surface area contributed by atoms with E-state index in [-0.39, 0.29) is 11.7 Å². The van der Waals surface area contributed by atoms with Gasteiger partial charge < -0.3 is 15.2 Å². The molecule has 3 rings (SSSR count). The van der Waals surface area contributed by atoms with Crippen molar-refractivity contribution >= 4 is 15.9 Å². The van der Waals surface area contributed by atoms with Gasteiger partial charge in [-0.25, -0.2) is 13.1 Å². The first-order valence-corrected chi connectivity index (χ1v) is 13.9. The Morgan fingerprint density at radius 3 is 2.28 bits per heavy atom. The van der Waals surface area contributed by atoms with Gasteiger partial charge in [-0.3, -0.25) is 4.79 Å². The molecule has 3 aromatic carbocycles. The molecular formula is C28H34N2O5S. The Bertz CT molecular complexity index is 1240. The Morgan fingerprint density at radius 1 is 0.972 bits per heavy atom. The van der Waals surface area contributed by atoms with Crippen LogP contribution in [0.25, 0.3) is 11.1 Å². The Labute approximate surface area is 213 Å². The number of sulfonamides is 1. The van der Waals surface area contributed by atoms with Gasteiger partial charge in [0.15, 0.2) is 0 Å². The maximum Gasteiger partial charge on any atom is 0.268 e. The number of carbonyl (C=O) groups is 1. The molecule has 0 saturated heterocycles. The lowest BCUT2D eigenvalue weighted by Crippen LogP contribution is -2.30. The summed E-state index contributed by atoms with van der Waals surface area (Å²) in [7, 11) is -3.68. The molecule has 7 nitrogen and oxygen atoms in total. The molecule has 3 aromatic rings. The van der Waals surface area contributed by atoms with Crippen molar-refractivity contribution in [3.05, 3.63) is 89.5 Å². The number of aliphatic hydroxyl groups is 1. The van der Waals surface area contributed by atoms with Gasteiger partial charge in [-0.15, -0.1) is 0 Å². The fourth-order valence-corrected chi connectivity index (χ4v) is 4.22. The molecule has 1 amide bonds. The standard InChI is InChI=1S/C28H34N2O5S/c1-20(2)35-27-18-24(15-16-25(27)28(32)30-36(3,33)34)22-13-11-21(12-14-22)8-7-17-29-19-26(31)23-9-5-4-6-10-23/h4-6,9-16,18,20,26,29,31H,7-8,17,19H2,1-3H3,(H,30,32)/t26-/m1/s1. The molecule has 8 heteroatoms. The topological polar surface area (TPSA) is 105 Å². The predicted molar refractivity (Wildman–Crippen MR) is 143 cm³/mol. The third kappa shape index (κ3) is 8.48. The summed E-state index contributed by atoms with van der Waals surface area (Å²) in [5.74, 6) is -0.392. The van der Waals surface area contributed by atoms with E-state index in [1.165, 1.54) is 5.56 Å². The quantitative estimate of drug-likeness (QED) is 0.317. The van der Waals surface area contributed by atoms with Crippen molar-refractivity contribution in [1.82, 2.24) is 10.0 Å². The van der Waals surface area contributed by atoms with Crippen LogP contribution in [0.4, 0.5) is 0 Å². The molecule has 1 atom stereocenters. The minimum absolute atomic E-state index is 0.166. The highest BCUT2D eigenvalue weighted by atomic mass is 32.2. The van der Waals surface area contributed by atoms with Gasteiger partial charge in [-0.2, -0.15) is 0 Å². The number of rotatable bonds is 12. The van der Waals surface area contributed by atoms with Crippen LogP contribution in [0, 0.1) is 0 Å². The van der Waals surface area contributed by atoms with E-state index in [0.717, 1.165) is 42.3 Å². The fourth-order valence-electron chi connectivity index (χ4n) is 3.78. The van der Waals surface area contributed by atoms with Crippen LogP contribution in [-0.4, -0.2) is 44.9 Å². The number of aryl methyl sites for hydroxylation is 1. The zero-order valence-corrected chi connectivity index (χ0v) is 21.7. The van der Waals surface area contributed by atoms with E-state index in [4.69, 9.17) is 4.74 Å². The molecule has 36 heavy (non-hydrogen) atoms. The third-order valence-electron chi connectivity index (χ3n) is 5.50. The van der Waals surface area contributed by atoms with Crippen molar-refractivity contribution in [3.8, 4) is 16.9 Å². The van der Waals surface area contributed by atoms with E-state index in [1.807, 2.05) is 61.0 Å². The summed E-state index contributed by atoms with van der Waals surface area (Å²) in [6, 6.07) is 22.9. The zero-order valence-electron chi connectivity index (χ0n) is 20.9. The predicted octanol–water partition coefficient (Wildman–Crippen LogP) is 4.09.